The van der Waals surface area contributed by atoms with Crippen LogP contribution in [0.3, 0.4) is 0 Å². The molecule has 1 aliphatic heterocycles. The van der Waals surface area contributed by atoms with Crippen molar-refractivity contribution in [3.05, 3.63) is 34.6 Å². The van der Waals surface area contributed by atoms with Crippen molar-refractivity contribution >= 4 is 11.6 Å². The fraction of sp³-hybridized carbons (Fsp3) is 0.600. The van der Waals surface area contributed by atoms with Gasteiger partial charge >= 0.3 is 0 Å². The molecule has 1 aromatic rings. The molecule has 0 aromatic heterocycles. The van der Waals surface area contributed by atoms with Crippen molar-refractivity contribution < 1.29 is 4.39 Å². The summed E-state index contributed by atoms with van der Waals surface area (Å²) in [6, 6.07) is 4.72. The van der Waals surface area contributed by atoms with Gasteiger partial charge in [0.1, 0.15) is 5.82 Å². The van der Waals surface area contributed by atoms with Crippen LogP contribution < -0.4 is 5.32 Å². The fourth-order valence-corrected chi connectivity index (χ4v) is 3.31. The van der Waals surface area contributed by atoms with E-state index in [1.165, 1.54) is 25.3 Å². The van der Waals surface area contributed by atoms with E-state index in [4.69, 9.17) is 11.6 Å². The number of rotatable bonds is 3. The molecule has 1 aromatic carbocycles. The van der Waals surface area contributed by atoms with E-state index in [1.54, 1.807) is 12.1 Å². The van der Waals surface area contributed by atoms with E-state index in [-0.39, 0.29) is 11.4 Å². The minimum Gasteiger partial charge on any atom is -0.307 e. The van der Waals surface area contributed by atoms with Crippen molar-refractivity contribution in [3.8, 4) is 0 Å². The van der Waals surface area contributed by atoms with E-state index in [9.17, 15) is 4.39 Å². The Kier molecular flexibility index (Phi) is 4.63. The Morgan fingerprint density at radius 3 is 2.94 bits per heavy atom. The van der Waals surface area contributed by atoms with Gasteiger partial charge in [-0.25, -0.2) is 4.39 Å². The lowest BCUT2D eigenvalue weighted by Gasteiger charge is -2.35. The molecule has 1 aliphatic rings. The predicted octanol–water partition coefficient (Wildman–Crippen LogP) is 4.64. The smallest absolute Gasteiger partial charge is 0.123 e. The van der Waals surface area contributed by atoms with Crippen molar-refractivity contribution in [2.75, 3.05) is 6.54 Å². The molecule has 3 heteroatoms. The first-order chi connectivity index (χ1) is 8.68. The zero-order valence-corrected chi connectivity index (χ0v) is 11.7. The summed E-state index contributed by atoms with van der Waals surface area (Å²) >= 11 is 6.30. The molecule has 0 radical (unpaired) electrons. The molecule has 1 N–H and O–H groups in total. The molecule has 0 aliphatic carbocycles. The number of nitrogens with one attached hydrogen (secondary N) is 1. The monoisotopic (exact) mass is 269 g/mol. The Bertz CT molecular complexity index is 397. The van der Waals surface area contributed by atoms with E-state index in [1.807, 2.05) is 0 Å². The molecule has 1 unspecified atom stereocenters. The molecule has 1 heterocycles. The topological polar surface area (TPSA) is 12.0 Å². The van der Waals surface area contributed by atoms with Gasteiger partial charge in [0.05, 0.1) is 0 Å². The standard InChI is InChI=1S/C15H21ClFN/c1-2-8-15(9-4-3-5-10-18-15)13-11-12(17)6-7-14(13)16/h6-7,11,18H,2-5,8-10H2,1H3. The molecule has 2 rings (SSSR count). The summed E-state index contributed by atoms with van der Waals surface area (Å²) in [6.45, 7) is 3.16. The highest BCUT2D eigenvalue weighted by atomic mass is 35.5. The summed E-state index contributed by atoms with van der Waals surface area (Å²) in [6.07, 6.45) is 6.74. The van der Waals surface area contributed by atoms with Crippen LogP contribution in [0.4, 0.5) is 4.39 Å². The quantitative estimate of drug-likeness (QED) is 0.843. The second-order valence-electron chi connectivity index (χ2n) is 5.19. The minimum atomic E-state index is -0.198. The first kappa shape index (κ1) is 13.8. The van der Waals surface area contributed by atoms with Gasteiger partial charge in [0.15, 0.2) is 0 Å². The molecule has 0 amide bonds. The molecule has 0 spiro atoms. The van der Waals surface area contributed by atoms with Crippen molar-refractivity contribution in [2.24, 2.45) is 0 Å². The van der Waals surface area contributed by atoms with E-state index < -0.39 is 0 Å². The minimum absolute atomic E-state index is 0.134. The van der Waals surface area contributed by atoms with Gasteiger partial charge < -0.3 is 5.32 Å². The lowest BCUT2D eigenvalue weighted by atomic mass is 9.81. The Labute approximate surface area is 114 Å². The summed E-state index contributed by atoms with van der Waals surface area (Å²) in [5.41, 5.74) is 0.803. The molecular formula is C15H21ClFN. The lowest BCUT2D eigenvalue weighted by molar-refractivity contribution is 0.296. The third kappa shape index (κ3) is 2.86. The van der Waals surface area contributed by atoms with Gasteiger partial charge in [0.25, 0.3) is 0 Å². The van der Waals surface area contributed by atoms with Gasteiger partial charge in [0, 0.05) is 10.6 Å². The summed E-state index contributed by atoms with van der Waals surface area (Å²) in [5, 5.41) is 4.31. The van der Waals surface area contributed by atoms with Crippen LogP contribution in [0.5, 0.6) is 0 Å². The van der Waals surface area contributed by atoms with Crippen LogP contribution in [0.15, 0.2) is 18.2 Å². The molecule has 1 fully saturated rings. The van der Waals surface area contributed by atoms with Crippen LogP contribution in [-0.4, -0.2) is 6.54 Å². The molecule has 18 heavy (non-hydrogen) atoms. The van der Waals surface area contributed by atoms with Gasteiger partial charge in [-0.1, -0.05) is 37.8 Å². The van der Waals surface area contributed by atoms with Gasteiger partial charge in [-0.3, -0.25) is 0 Å². The fourth-order valence-electron chi connectivity index (χ4n) is 3.01. The third-order valence-corrected chi connectivity index (χ3v) is 4.19. The van der Waals surface area contributed by atoms with Crippen molar-refractivity contribution in [3.63, 3.8) is 0 Å². The molecule has 1 atom stereocenters. The Hall–Kier alpha value is -0.600. The van der Waals surface area contributed by atoms with Crippen molar-refractivity contribution in [2.45, 2.75) is 51.0 Å². The molecule has 0 saturated carbocycles. The van der Waals surface area contributed by atoms with Crippen LogP contribution in [0.1, 0.15) is 51.0 Å². The summed E-state index contributed by atoms with van der Waals surface area (Å²) in [5.74, 6) is -0.198. The van der Waals surface area contributed by atoms with Crippen LogP contribution in [0.25, 0.3) is 0 Å². The Morgan fingerprint density at radius 2 is 2.17 bits per heavy atom. The van der Waals surface area contributed by atoms with Gasteiger partial charge in [-0.2, -0.15) is 0 Å². The number of hydrogen-bond donors (Lipinski definition) is 1. The second-order valence-corrected chi connectivity index (χ2v) is 5.60. The molecule has 0 bridgehead atoms. The SMILES string of the molecule is CCCC1(c2cc(F)ccc2Cl)CCCCCN1. The van der Waals surface area contributed by atoms with Crippen LogP contribution in [0.2, 0.25) is 5.02 Å². The lowest BCUT2D eigenvalue weighted by Crippen LogP contribution is -2.42. The largest absolute Gasteiger partial charge is 0.307 e. The number of halogens is 2. The summed E-state index contributed by atoms with van der Waals surface area (Å²) < 4.78 is 13.5. The van der Waals surface area contributed by atoms with E-state index >= 15 is 0 Å². The first-order valence-electron chi connectivity index (χ1n) is 6.88. The molecule has 100 valence electrons. The zero-order chi connectivity index (χ0) is 13.0. The number of hydrogen-bond acceptors (Lipinski definition) is 1. The summed E-state index contributed by atoms with van der Waals surface area (Å²) in [4.78, 5) is 0. The normalized spacial score (nSPS) is 24.8. The van der Waals surface area contributed by atoms with Crippen molar-refractivity contribution in [1.82, 2.24) is 5.32 Å². The highest BCUT2D eigenvalue weighted by Crippen LogP contribution is 2.38. The van der Waals surface area contributed by atoms with E-state index in [0.29, 0.717) is 5.02 Å². The molecule has 1 saturated heterocycles. The van der Waals surface area contributed by atoms with E-state index in [0.717, 1.165) is 31.4 Å². The van der Waals surface area contributed by atoms with E-state index in [2.05, 4.69) is 12.2 Å². The van der Waals surface area contributed by atoms with Crippen LogP contribution in [-0.2, 0) is 5.54 Å². The average molecular weight is 270 g/mol. The van der Waals surface area contributed by atoms with Crippen LogP contribution in [0, 0.1) is 5.82 Å². The maximum Gasteiger partial charge on any atom is 0.123 e. The zero-order valence-electron chi connectivity index (χ0n) is 10.9. The predicted molar refractivity (Wildman–Crippen MR) is 74.5 cm³/mol. The highest BCUT2D eigenvalue weighted by molar-refractivity contribution is 6.31. The van der Waals surface area contributed by atoms with Crippen molar-refractivity contribution in [1.29, 1.82) is 0 Å². The average Bonchev–Trinajstić information content (AvgIpc) is 2.59. The summed E-state index contributed by atoms with van der Waals surface area (Å²) in [7, 11) is 0. The maximum atomic E-state index is 13.5. The van der Waals surface area contributed by atoms with Gasteiger partial charge in [-0.05, 0) is 49.6 Å². The van der Waals surface area contributed by atoms with Gasteiger partial charge in [-0.15, -0.1) is 0 Å². The first-order valence-corrected chi connectivity index (χ1v) is 7.26. The molecular weight excluding hydrogens is 249 g/mol. The van der Waals surface area contributed by atoms with Crippen LogP contribution >= 0.6 is 11.6 Å². The van der Waals surface area contributed by atoms with Gasteiger partial charge in [0.2, 0.25) is 0 Å². The second kappa shape index (κ2) is 6.03. The Balaban J connectivity index is 2.41. The third-order valence-electron chi connectivity index (χ3n) is 3.86. The Morgan fingerprint density at radius 1 is 1.33 bits per heavy atom. The maximum absolute atomic E-state index is 13.5. The number of benzene rings is 1. The molecule has 1 nitrogen and oxygen atoms in total. The highest BCUT2D eigenvalue weighted by Gasteiger charge is 2.33.